The molecule has 0 aliphatic heterocycles. The predicted molar refractivity (Wildman–Crippen MR) is 125 cm³/mol. The average Bonchev–Trinajstić information content (AvgIpc) is 3.41. The third-order valence-electron chi connectivity index (χ3n) is 5.25. The number of nitrogens with one attached hydrogen (secondary N) is 1. The molecule has 0 aliphatic rings. The summed E-state index contributed by atoms with van der Waals surface area (Å²) in [4.78, 5) is 22.9. The summed E-state index contributed by atoms with van der Waals surface area (Å²) in [5.41, 5.74) is 3.52. The summed E-state index contributed by atoms with van der Waals surface area (Å²) in [5, 5.41) is 18.4. The number of benzene rings is 2. The first-order valence-electron chi connectivity index (χ1n) is 10.4. The van der Waals surface area contributed by atoms with Gasteiger partial charge in [0.2, 0.25) is 0 Å². The first-order valence-corrected chi connectivity index (χ1v) is 10.8. The minimum Gasteiger partial charge on any atom is -0.484 e. The van der Waals surface area contributed by atoms with Gasteiger partial charge in [-0.3, -0.25) is 14.9 Å². The summed E-state index contributed by atoms with van der Waals surface area (Å²) >= 11 is 6.03. The largest absolute Gasteiger partial charge is 0.484 e. The molecular weight excluding hydrogens is 460 g/mol. The van der Waals surface area contributed by atoms with Crippen LogP contribution in [0.2, 0.25) is 5.02 Å². The molecule has 0 atom stereocenters. The zero-order valence-electron chi connectivity index (χ0n) is 18.4. The van der Waals surface area contributed by atoms with Gasteiger partial charge in [-0.15, -0.1) is 0 Å². The van der Waals surface area contributed by atoms with Gasteiger partial charge in [-0.05, 0) is 44.2 Å². The molecule has 1 N–H and O–H groups in total. The Kier molecular flexibility index (Phi) is 6.65. The lowest BCUT2D eigenvalue weighted by Gasteiger charge is -2.07. The molecule has 2 heterocycles. The molecule has 1 amide bonds. The third-order valence-corrected chi connectivity index (χ3v) is 5.54. The summed E-state index contributed by atoms with van der Waals surface area (Å²) in [5.74, 6) is 0.449. The predicted octanol–water partition coefficient (Wildman–Crippen LogP) is 5.15. The van der Waals surface area contributed by atoms with E-state index < -0.39 is 4.92 Å². The minimum absolute atomic E-state index is 0.00682. The van der Waals surface area contributed by atoms with Gasteiger partial charge in [-0.25, -0.2) is 4.68 Å². The topological polar surface area (TPSA) is 112 Å². The summed E-state index contributed by atoms with van der Waals surface area (Å²) in [7, 11) is 0. The Bertz CT molecular complexity index is 1350. The molecule has 0 spiro atoms. The van der Waals surface area contributed by atoms with Crippen molar-refractivity contribution in [3.05, 3.63) is 104 Å². The van der Waals surface area contributed by atoms with Crippen LogP contribution in [0.25, 0.3) is 5.69 Å². The number of aromatic nitrogens is 2. The number of nitro groups is 1. The lowest BCUT2D eigenvalue weighted by Crippen LogP contribution is -2.23. The maximum absolute atomic E-state index is 12.6. The number of carbonyl (C=O) groups is 1. The number of para-hydroxylation sites is 1. The quantitative estimate of drug-likeness (QED) is 0.275. The molecule has 4 aromatic rings. The monoisotopic (exact) mass is 480 g/mol. The fraction of sp³-hybridized carbons (Fsp3) is 0.167. The fourth-order valence-corrected chi connectivity index (χ4v) is 3.68. The van der Waals surface area contributed by atoms with Crippen molar-refractivity contribution in [3.8, 4) is 11.4 Å². The molecular formula is C24H21ClN4O5. The van der Waals surface area contributed by atoms with Gasteiger partial charge in [0, 0.05) is 29.9 Å². The number of halogens is 1. The Morgan fingerprint density at radius 3 is 2.65 bits per heavy atom. The van der Waals surface area contributed by atoms with Crippen molar-refractivity contribution in [1.82, 2.24) is 15.1 Å². The molecule has 0 bridgehead atoms. The van der Waals surface area contributed by atoms with Crippen molar-refractivity contribution in [3.63, 3.8) is 0 Å². The molecule has 0 fully saturated rings. The standard InChI is InChI=1S/C24H21ClN4O5/c1-15-20(16(2)28(27-15)17-6-4-3-5-7-17)13-26-24(30)23-11-9-19(34-23)14-33-22-10-8-18(29(31)32)12-21(22)25/h3-12H,13-14H2,1-2H3,(H,26,30). The van der Waals surface area contributed by atoms with Crippen LogP contribution < -0.4 is 10.1 Å². The van der Waals surface area contributed by atoms with Crippen molar-refractivity contribution in [1.29, 1.82) is 0 Å². The number of rotatable bonds is 8. The maximum Gasteiger partial charge on any atom is 0.287 e. The molecule has 9 nitrogen and oxygen atoms in total. The van der Waals surface area contributed by atoms with Crippen molar-refractivity contribution in [2.24, 2.45) is 0 Å². The van der Waals surface area contributed by atoms with Gasteiger partial charge in [0.15, 0.2) is 5.76 Å². The molecule has 0 aliphatic carbocycles. The first-order chi connectivity index (χ1) is 16.3. The van der Waals surface area contributed by atoms with E-state index in [1.807, 2.05) is 48.9 Å². The maximum atomic E-state index is 12.6. The van der Waals surface area contributed by atoms with Crippen LogP contribution in [0, 0.1) is 24.0 Å². The number of furan rings is 1. The number of nitrogens with zero attached hydrogens (tertiary/aromatic N) is 3. The average molecular weight is 481 g/mol. The molecule has 0 radical (unpaired) electrons. The summed E-state index contributed by atoms with van der Waals surface area (Å²) < 4.78 is 13.0. The van der Waals surface area contributed by atoms with Crippen molar-refractivity contribution in [2.75, 3.05) is 0 Å². The first kappa shape index (κ1) is 23.1. The highest BCUT2D eigenvalue weighted by molar-refractivity contribution is 6.32. The summed E-state index contributed by atoms with van der Waals surface area (Å²) in [6.07, 6.45) is 0. The van der Waals surface area contributed by atoms with Crippen LogP contribution >= 0.6 is 11.6 Å². The number of non-ortho nitro benzene ring substituents is 1. The molecule has 0 unspecified atom stereocenters. The number of aryl methyl sites for hydroxylation is 1. The Morgan fingerprint density at radius 1 is 1.18 bits per heavy atom. The second-order valence-electron chi connectivity index (χ2n) is 7.51. The second kappa shape index (κ2) is 9.80. The normalized spacial score (nSPS) is 10.8. The third kappa shape index (κ3) is 4.94. The lowest BCUT2D eigenvalue weighted by atomic mass is 10.2. The van der Waals surface area contributed by atoms with E-state index in [2.05, 4.69) is 10.4 Å². The molecule has 2 aromatic carbocycles. The highest BCUT2D eigenvalue weighted by atomic mass is 35.5. The Hall–Kier alpha value is -4.11. The van der Waals surface area contributed by atoms with E-state index in [0.717, 1.165) is 22.6 Å². The Labute approximate surface area is 200 Å². The molecule has 34 heavy (non-hydrogen) atoms. The Morgan fingerprint density at radius 2 is 1.94 bits per heavy atom. The van der Waals surface area contributed by atoms with Gasteiger partial charge in [0.05, 0.1) is 21.3 Å². The number of hydrogen-bond donors (Lipinski definition) is 1. The number of nitro benzene ring substituents is 1. The van der Waals surface area contributed by atoms with Crippen molar-refractivity contribution in [2.45, 2.75) is 27.0 Å². The highest BCUT2D eigenvalue weighted by Crippen LogP contribution is 2.29. The summed E-state index contributed by atoms with van der Waals surface area (Å²) in [6, 6.07) is 16.9. The smallest absolute Gasteiger partial charge is 0.287 e. The number of hydrogen-bond acceptors (Lipinski definition) is 6. The van der Waals surface area contributed by atoms with Gasteiger partial charge in [0.1, 0.15) is 18.1 Å². The van der Waals surface area contributed by atoms with E-state index in [0.29, 0.717) is 12.3 Å². The highest BCUT2D eigenvalue weighted by Gasteiger charge is 2.17. The van der Waals surface area contributed by atoms with Crippen LogP contribution in [0.1, 0.15) is 33.3 Å². The van der Waals surface area contributed by atoms with Crippen LogP contribution in [0.15, 0.2) is 65.1 Å². The molecule has 0 saturated heterocycles. The molecule has 4 rings (SSSR count). The van der Waals surface area contributed by atoms with E-state index >= 15 is 0 Å². The van der Waals surface area contributed by atoms with Gasteiger partial charge in [-0.1, -0.05) is 29.8 Å². The van der Waals surface area contributed by atoms with E-state index in [9.17, 15) is 14.9 Å². The van der Waals surface area contributed by atoms with Crippen molar-refractivity contribution < 1.29 is 18.9 Å². The van der Waals surface area contributed by atoms with E-state index in [1.54, 1.807) is 12.1 Å². The van der Waals surface area contributed by atoms with Crippen LogP contribution in [-0.2, 0) is 13.2 Å². The number of ether oxygens (including phenoxy) is 1. The molecule has 2 aromatic heterocycles. The van der Waals surface area contributed by atoms with E-state index in [-0.39, 0.29) is 34.7 Å². The molecule has 174 valence electrons. The van der Waals surface area contributed by atoms with Gasteiger partial charge < -0.3 is 14.5 Å². The van der Waals surface area contributed by atoms with Gasteiger partial charge in [-0.2, -0.15) is 5.10 Å². The minimum atomic E-state index is -0.539. The van der Waals surface area contributed by atoms with Gasteiger partial charge >= 0.3 is 0 Å². The Balaban J connectivity index is 1.37. The zero-order chi connectivity index (χ0) is 24.2. The lowest BCUT2D eigenvalue weighted by molar-refractivity contribution is -0.384. The second-order valence-corrected chi connectivity index (χ2v) is 7.91. The van der Waals surface area contributed by atoms with Crippen LogP contribution in [0.3, 0.4) is 0 Å². The molecule has 10 heteroatoms. The van der Waals surface area contributed by atoms with Crippen LogP contribution in [0.4, 0.5) is 5.69 Å². The number of amides is 1. The van der Waals surface area contributed by atoms with E-state index in [1.165, 1.54) is 18.2 Å². The van der Waals surface area contributed by atoms with E-state index in [4.69, 9.17) is 20.8 Å². The van der Waals surface area contributed by atoms with Crippen LogP contribution in [-0.4, -0.2) is 20.6 Å². The molecule has 0 saturated carbocycles. The van der Waals surface area contributed by atoms with Gasteiger partial charge in [0.25, 0.3) is 11.6 Å². The SMILES string of the molecule is Cc1nn(-c2ccccc2)c(C)c1CNC(=O)c1ccc(COc2ccc([N+](=O)[O-])cc2Cl)o1. The number of carbonyl (C=O) groups excluding carboxylic acids is 1. The van der Waals surface area contributed by atoms with Crippen LogP contribution in [0.5, 0.6) is 5.75 Å². The zero-order valence-corrected chi connectivity index (χ0v) is 19.2. The van der Waals surface area contributed by atoms with Crippen molar-refractivity contribution >= 4 is 23.2 Å². The fourth-order valence-electron chi connectivity index (χ4n) is 3.45. The summed E-state index contributed by atoms with van der Waals surface area (Å²) in [6.45, 7) is 4.17.